The molecule has 1 aromatic heterocycles. The number of anilines is 2. The largest absolute Gasteiger partial charge is 0.378 e. The maximum atomic E-state index is 12.6. The molecule has 8 heteroatoms. The highest BCUT2D eigenvalue weighted by molar-refractivity contribution is 8.00. The molecule has 7 nitrogen and oxygen atoms in total. The third-order valence-electron chi connectivity index (χ3n) is 4.80. The Bertz CT molecular complexity index is 784. The quantitative estimate of drug-likeness (QED) is 0.715. The average Bonchev–Trinajstić information content (AvgIpc) is 3.11. The van der Waals surface area contributed by atoms with Crippen molar-refractivity contribution in [1.82, 2.24) is 14.8 Å². The van der Waals surface area contributed by atoms with Crippen molar-refractivity contribution in [3.63, 3.8) is 0 Å². The van der Waals surface area contributed by atoms with Gasteiger partial charge in [-0.1, -0.05) is 37.7 Å². The number of carbonyl (C=O) groups excluding carboxylic acids is 1. The normalized spacial score (nSPS) is 15.7. The molecule has 2 aromatic rings. The standard InChI is InChI=1S/C20H29N5O2S/c1-5-25-19(24-10-12-27-13-11-24)22-23-20(25)28-15(4)18(26)21-17-8-6-16(7-9-17)14(2)3/h6-9,14-15H,5,10-13H2,1-4H3,(H,21,26)/t15-/m1/s1. The minimum atomic E-state index is -0.281. The minimum Gasteiger partial charge on any atom is -0.378 e. The SMILES string of the molecule is CCn1c(S[C@H](C)C(=O)Nc2ccc(C(C)C)cc2)nnc1N1CCOCC1. The van der Waals surface area contributed by atoms with E-state index < -0.39 is 0 Å². The fraction of sp³-hybridized carbons (Fsp3) is 0.550. The molecule has 0 saturated carbocycles. The Labute approximate surface area is 170 Å². The molecule has 1 atom stereocenters. The van der Waals surface area contributed by atoms with Crippen LogP contribution in [0, 0.1) is 0 Å². The van der Waals surface area contributed by atoms with Gasteiger partial charge in [0.25, 0.3) is 0 Å². The van der Waals surface area contributed by atoms with Crippen LogP contribution in [-0.4, -0.2) is 52.2 Å². The van der Waals surface area contributed by atoms with Crippen LogP contribution in [0.15, 0.2) is 29.4 Å². The molecule has 1 N–H and O–H groups in total. The first-order valence-corrected chi connectivity index (χ1v) is 10.7. The third-order valence-corrected chi connectivity index (χ3v) is 5.88. The summed E-state index contributed by atoms with van der Waals surface area (Å²) in [5, 5.41) is 12.2. The van der Waals surface area contributed by atoms with E-state index in [0.29, 0.717) is 19.1 Å². The number of aromatic nitrogens is 3. The van der Waals surface area contributed by atoms with E-state index in [1.165, 1.54) is 17.3 Å². The van der Waals surface area contributed by atoms with Crippen molar-refractivity contribution in [3.05, 3.63) is 29.8 Å². The zero-order valence-corrected chi connectivity index (χ0v) is 17.8. The summed E-state index contributed by atoms with van der Waals surface area (Å²) in [5.74, 6) is 1.28. The molecular weight excluding hydrogens is 374 g/mol. The summed E-state index contributed by atoms with van der Waals surface area (Å²) < 4.78 is 7.48. The zero-order chi connectivity index (χ0) is 20.1. The predicted octanol–water partition coefficient (Wildman–Crippen LogP) is 3.38. The van der Waals surface area contributed by atoms with Crippen molar-refractivity contribution in [1.29, 1.82) is 0 Å². The molecule has 0 unspecified atom stereocenters. The molecule has 1 aromatic carbocycles. The van der Waals surface area contributed by atoms with Crippen LogP contribution in [0.3, 0.4) is 0 Å². The number of rotatable bonds is 7. The van der Waals surface area contributed by atoms with Crippen LogP contribution in [-0.2, 0) is 16.1 Å². The number of thioether (sulfide) groups is 1. The van der Waals surface area contributed by atoms with Crippen molar-refractivity contribution in [2.45, 2.75) is 50.6 Å². The number of hydrogen-bond acceptors (Lipinski definition) is 6. The number of amides is 1. The molecule has 2 heterocycles. The number of hydrogen-bond donors (Lipinski definition) is 1. The summed E-state index contributed by atoms with van der Waals surface area (Å²) >= 11 is 1.43. The first-order chi connectivity index (χ1) is 13.5. The minimum absolute atomic E-state index is 0.0409. The lowest BCUT2D eigenvalue weighted by atomic mass is 10.0. The van der Waals surface area contributed by atoms with E-state index in [2.05, 4.69) is 57.9 Å². The zero-order valence-electron chi connectivity index (χ0n) is 17.0. The van der Waals surface area contributed by atoms with Crippen LogP contribution >= 0.6 is 11.8 Å². The van der Waals surface area contributed by atoms with Gasteiger partial charge in [0.05, 0.1) is 18.5 Å². The molecule has 28 heavy (non-hydrogen) atoms. The van der Waals surface area contributed by atoms with Gasteiger partial charge >= 0.3 is 0 Å². The van der Waals surface area contributed by atoms with Gasteiger partial charge in [-0.2, -0.15) is 0 Å². The Balaban J connectivity index is 1.64. The number of nitrogens with zero attached hydrogens (tertiary/aromatic N) is 4. The van der Waals surface area contributed by atoms with Crippen LogP contribution < -0.4 is 10.2 Å². The summed E-state index contributed by atoms with van der Waals surface area (Å²) in [5.41, 5.74) is 2.07. The maximum Gasteiger partial charge on any atom is 0.237 e. The highest BCUT2D eigenvalue weighted by atomic mass is 32.2. The molecule has 1 aliphatic heterocycles. The molecular formula is C20H29N5O2S. The first-order valence-electron chi connectivity index (χ1n) is 9.83. The molecule has 152 valence electrons. The van der Waals surface area contributed by atoms with Gasteiger partial charge < -0.3 is 15.0 Å². The van der Waals surface area contributed by atoms with Gasteiger partial charge in [-0.3, -0.25) is 9.36 Å². The lowest BCUT2D eigenvalue weighted by Crippen LogP contribution is -2.38. The molecule has 1 saturated heterocycles. The van der Waals surface area contributed by atoms with Crippen molar-refractivity contribution < 1.29 is 9.53 Å². The monoisotopic (exact) mass is 403 g/mol. The molecule has 0 spiro atoms. The highest BCUT2D eigenvalue weighted by Gasteiger charge is 2.23. The van der Waals surface area contributed by atoms with E-state index in [-0.39, 0.29) is 11.2 Å². The molecule has 3 rings (SSSR count). The first kappa shape index (κ1) is 20.7. The number of ether oxygens (including phenoxy) is 1. The van der Waals surface area contributed by atoms with Gasteiger partial charge in [0.15, 0.2) is 5.16 Å². The van der Waals surface area contributed by atoms with E-state index in [0.717, 1.165) is 36.4 Å². The summed E-state index contributed by atoms with van der Waals surface area (Å²) in [6, 6.07) is 8.02. The Morgan fingerprint density at radius 3 is 2.46 bits per heavy atom. The van der Waals surface area contributed by atoms with Crippen molar-refractivity contribution in [3.8, 4) is 0 Å². The lowest BCUT2D eigenvalue weighted by molar-refractivity contribution is -0.115. The van der Waals surface area contributed by atoms with Crippen molar-refractivity contribution in [2.75, 3.05) is 36.5 Å². The summed E-state index contributed by atoms with van der Waals surface area (Å²) in [7, 11) is 0. The second kappa shape index (κ2) is 9.43. The molecule has 0 radical (unpaired) electrons. The fourth-order valence-electron chi connectivity index (χ4n) is 3.05. The Morgan fingerprint density at radius 1 is 1.18 bits per heavy atom. The number of benzene rings is 1. The second-order valence-electron chi connectivity index (χ2n) is 7.15. The average molecular weight is 404 g/mol. The Kier molecular flexibility index (Phi) is 6.96. The number of morpholine rings is 1. The highest BCUT2D eigenvalue weighted by Crippen LogP contribution is 2.27. The molecule has 0 aliphatic carbocycles. The molecule has 0 bridgehead atoms. The maximum absolute atomic E-state index is 12.6. The Hall–Kier alpha value is -2.06. The van der Waals surface area contributed by atoms with Gasteiger partial charge in [-0.15, -0.1) is 10.2 Å². The van der Waals surface area contributed by atoms with E-state index in [4.69, 9.17) is 4.74 Å². The summed E-state index contributed by atoms with van der Waals surface area (Å²) in [4.78, 5) is 14.8. The van der Waals surface area contributed by atoms with Crippen LogP contribution in [0.5, 0.6) is 0 Å². The fourth-order valence-corrected chi connectivity index (χ4v) is 3.96. The summed E-state index contributed by atoms with van der Waals surface area (Å²) in [6.07, 6.45) is 0. The van der Waals surface area contributed by atoms with Crippen LogP contribution in [0.25, 0.3) is 0 Å². The molecule has 1 aliphatic rings. The lowest BCUT2D eigenvalue weighted by Gasteiger charge is -2.27. The van der Waals surface area contributed by atoms with Crippen LogP contribution in [0.2, 0.25) is 0 Å². The van der Waals surface area contributed by atoms with Crippen molar-refractivity contribution in [2.24, 2.45) is 0 Å². The third kappa shape index (κ3) is 4.86. The number of carbonyl (C=O) groups is 1. The predicted molar refractivity (Wildman–Crippen MR) is 113 cm³/mol. The smallest absolute Gasteiger partial charge is 0.237 e. The van der Waals surface area contributed by atoms with Gasteiger partial charge in [-0.05, 0) is 37.5 Å². The number of nitrogens with one attached hydrogen (secondary N) is 1. The Morgan fingerprint density at radius 2 is 1.86 bits per heavy atom. The van der Waals surface area contributed by atoms with Gasteiger partial charge in [0.1, 0.15) is 0 Å². The van der Waals surface area contributed by atoms with Crippen molar-refractivity contribution >= 4 is 29.3 Å². The van der Waals surface area contributed by atoms with Crippen LogP contribution in [0.1, 0.15) is 39.2 Å². The van der Waals surface area contributed by atoms with Gasteiger partial charge in [-0.25, -0.2) is 0 Å². The van der Waals surface area contributed by atoms with E-state index in [1.54, 1.807) is 0 Å². The van der Waals surface area contributed by atoms with E-state index in [1.807, 2.05) is 19.1 Å². The topological polar surface area (TPSA) is 72.3 Å². The van der Waals surface area contributed by atoms with E-state index >= 15 is 0 Å². The molecule has 1 fully saturated rings. The van der Waals surface area contributed by atoms with Crippen LogP contribution in [0.4, 0.5) is 11.6 Å². The van der Waals surface area contributed by atoms with Gasteiger partial charge in [0.2, 0.25) is 11.9 Å². The summed E-state index contributed by atoms with van der Waals surface area (Å²) in [6.45, 7) is 12.1. The van der Waals surface area contributed by atoms with E-state index in [9.17, 15) is 4.79 Å². The second-order valence-corrected chi connectivity index (χ2v) is 8.46. The molecule has 1 amide bonds. The van der Waals surface area contributed by atoms with Gasteiger partial charge in [0, 0.05) is 25.3 Å².